The maximum Gasteiger partial charge on any atom is 0.268 e. The second-order valence-electron chi connectivity index (χ2n) is 6.61. The molecule has 0 aliphatic carbocycles. The number of carbonyl (C=O) groups excluding carboxylic acids is 1. The Morgan fingerprint density at radius 1 is 1.27 bits per heavy atom. The van der Waals surface area contributed by atoms with Gasteiger partial charge in [-0.15, -0.1) is 0 Å². The number of hydrogen-bond donors (Lipinski definition) is 1. The molecule has 2 aromatic rings. The number of aromatic nitrogens is 3. The molecule has 3 rings (SSSR count). The third-order valence-corrected chi connectivity index (χ3v) is 4.74. The van der Waals surface area contributed by atoms with Crippen LogP contribution in [0.2, 0.25) is 0 Å². The van der Waals surface area contributed by atoms with Crippen molar-refractivity contribution in [1.29, 1.82) is 0 Å². The van der Waals surface area contributed by atoms with E-state index in [-0.39, 0.29) is 17.4 Å². The first kappa shape index (κ1) is 18.1. The zero-order valence-electron chi connectivity index (χ0n) is 15.1. The van der Waals surface area contributed by atoms with Gasteiger partial charge in [0.1, 0.15) is 0 Å². The molecule has 1 N–H and O–H groups in total. The fourth-order valence-electron chi connectivity index (χ4n) is 3.21. The van der Waals surface area contributed by atoms with E-state index in [1.165, 1.54) is 4.68 Å². The van der Waals surface area contributed by atoms with E-state index in [1.807, 2.05) is 19.1 Å². The second-order valence-corrected chi connectivity index (χ2v) is 6.61. The summed E-state index contributed by atoms with van der Waals surface area (Å²) in [6.07, 6.45) is 7.64. The van der Waals surface area contributed by atoms with Gasteiger partial charge in [0.05, 0.1) is 11.9 Å². The lowest BCUT2D eigenvalue weighted by Gasteiger charge is -2.32. The molecule has 7 heteroatoms. The van der Waals surface area contributed by atoms with E-state index < -0.39 is 0 Å². The number of amides is 1. The zero-order chi connectivity index (χ0) is 18.4. The fourth-order valence-corrected chi connectivity index (χ4v) is 3.21. The Morgan fingerprint density at radius 3 is 2.65 bits per heavy atom. The number of nitrogens with one attached hydrogen (secondary N) is 1. The molecule has 1 amide bonds. The van der Waals surface area contributed by atoms with Crippen LogP contribution in [0.15, 0.2) is 41.6 Å². The van der Waals surface area contributed by atoms with E-state index >= 15 is 0 Å². The smallest absolute Gasteiger partial charge is 0.268 e. The van der Waals surface area contributed by atoms with Crippen molar-refractivity contribution < 1.29 is 4.79 Å². The highest BCUT2D eigenvalue weighted by Crippen LogP contribution is 2.22. The first-order chi connectivity index (χ1) is 12.7. The summed E-state index contributed by atoms with van der Waals surface area (Å²) in [5, 5.41) is 7.24. The van der Waals surface area contributed by atoms with Crippen LogP contribution in [0.25, 0.3) is 0 Å². The summed E-state index contributed by atoms with van der Waals surface area (Å²) in [6.45, 7) is 4.70. The van der Waals surface area contributed by atoms with E-state index in [0.29, 0.717) is 13.1 Å². The van der Waals surface area contributed by atoms with E-state index in [4.69, 9.17) is 0 Å². The highest BCUT2D eigenvalue weighted by molar-refractivity contribution is 5.79. The molecule has 1 aliphatic rings. The molecule has 1 aliphatic heterocycles. The molecule has 26 heavy (non-hydrogen) atoms. The van der Waals surface area contributed by atoms with Crippen LogP contribution in [0, 0.1) is 5.92 Å². The average molecular weight is 355 g/mol. The lowest BCUT2D eigenvalue weighted by molar-refractivity contribution is -0.125. The van der Waals surface area contributed by atoms with Crippen molar-refractivity contribution in [2.75, 3.05) is 18.0 Å². The van der Waals surface area contributed by atoms with Crippen molar-refractivity contribution in [3.63, 3.8) is 0 Å². The Balaban J connectivity index is 1.51. The summed E-state index contributed by atoms with van der Waals surface area (Å²) < 4.78 is 1.49. The number of nitrogens with zero attached hydrogens (tertiary/aromatic N) is 4. The van der Waals surface area contributed by atoms with Gasteiger partial charge in [-0.25, -0.2) is 4.68 Å². The molecule has 3 heterocycles. The van der Waals surface area contributed by atoms with E-state index in [0.717, 1.165) is 43.6 Å². The van der Waals surface area contributed by atoms with Crippen LogP contribution < -0.4 is 15.8 Å². The van der Waals surface area contributed by atoms with Crippen LogP contribution in [-0.4, -0.2) is 33.8 Å². The molecule has 0 aromatic carbocycles. The van der Waals surface area contributed by atoms with Gasteiger partial charge in [0.25, 0.3) is 5.56 Å². The van der Waals surface area contributed by atoms with Crippen molar-refractivity contribution >= 4 is 11.6 Å². The lowest BCUT2D eigenvalue weighted by atomic mass is 9.95. The zero-order valence-corrected chi connectivity index (χ0v) is 15.1. The summed E-state index contributed by atoms with van der Waals surface area (Å²) in [5.74, 6) is 0.111. The van der Waals surface area contributed by atoms with Crippen LogP contribution >= 0.6 is 0 Å². The second kappa shape index (κ2) is 8.60. The third kappa shape index (κ3) is 4.47. The van der Waals surface area contributed by atoms with Crippen LogP contribution in [0.5, 0.6) is 0 Å². The maximum absolute atomic E-state index is 12.4. The molecule has 0 bridgehead atoms. The SMILES string of the molecule is CCCn1ncc(N2CCC(C(=O)NCc3ccncc3)CC2)cc1=O. The van der Waals surface area contributed by atoms with Crippen LogP contribution in [0.4, 0.5) is 5.69 Å². The largest absolute Gasteiger partial charge is 0.370 e. The van der Waals surface area contributed by atoms with Gasteiger partial charge in [-0.3, -0.25) is 14.6 Å². The Morgan fingerprint density at radius 2 is 2.00 bits per heavy atom. The highest BCUT2D eigenvalue weighted by atomic mass is 16.2. The number of pyridine rings is 1. The molecule has 7 nitrogen and oxygen atoms in total. The minimum Gasteiger partial charge on any atom is -0.370 e. The van der Waals surface area contributed by atoms with Crippen LogP contribution in [-0.2, 0) is 17.9 Å². The average Bonchev–Trinajstić information content (AvgIpc) is 2.69. The lowest BCUT2D eigenvalue weighted by Crippen LogP contribution is -2.41. The molecule has 0 saturated carbocycles. The maximum atomic E-state index is 12.4. The summed E-state index contributed by atoms with van der Waals surface area (Å²) >= 11 is 0. The Kier molecular flexibility index (Phi) is 5.99. The molecule has 138 valence electrons. The summed E-state index contributed by atoms with van der Waals surface area (Å²) in [5.41, 5.74) is 1.82. The molecule has 1 saturated heterocycles. The number of carbonyl (C=O) groups is 1. The van der Waals surface area contributed by atoms with Gasteiger partial charge in [-0.05, 0) is 37.0 Å². The normalized spacial score (nSPS) is 15.0. The van der Waals surface area contributed by atoms with Gasteiger partial charge in [-0.1, -0.05) is 6.92 Å². The minimum atomic E-state index is -0.0680. The number of aryl methyl sites for hydroxylation is 1. The van der Waals surface area contributed by atoms with Crippen molar-refractivity contribution in [2.45, 2.75) is 39.3 Å². The first-order valence-corrected chi connectivity index (χ1v) is 9.16. The van der Waals surface area contributed by atoms with Gasteiger partial charge >= 0.3 is 0 Å². The van der Waals surface area contributed by atoms with Gasteiger partial charge in [-0.2, -0.15) is 5.10 Å². The standard InChI is InChI=1S/C19H25N5O2/c1-2-9-24-18(25)12-17(14-22-24)23-10-5-16(6-11-23)19(26)21-13-15-3-7-20-8-4-15/h3-4,7-8,12,14,16H,2,5-6,9-11,13H2,1H3,(H,21,26). The molecule has 0 unspecified atom stereocenters. The molecule has 2 aromatic heterocycles. The molecule has 1 fully saturated rings. The topological polar surface area (TPSA) is 80.1 Å². The number of rotatable bonds is 6. The Bertz CT molecular complexity index is 782. The number of hydrogen-bond acceptors (Lipinski definition) is 5. The van der Waals surface area contributed by atoms with Crippen molar-refractivity contribution in [3.05, 3.63) is 52.7 Å². The van der Waals surface area contributed by atoms with Gasteiger partial charge in [0, 0.05) is 50.6 Å². The predicted octanol–water partition coefficient (Wildman–Crippen LogP) is 1.58. The molecule has 0 radical (unpaired) electrons. The Hall–Kier alpha value is -2.70. The summed E-state index contributed by atoms with van der Waals surface area (Å²) in [7, 11) is 0. The van der Waals surface area contributed by atoms with Crippen molar-refractivity contribution in [1.82, 2.24) is 20.1 Å². The van der Waals surface area contributed by atoms with Crippen molar-refractivity contribution in [2.24, 2.45) is 5.92 Å². The molecule has 0 spiro atoms. The Labute approximate surface area is 153 Å². The van der Waals surface area contributed by atoms with Crippen LogP contribution in [0.3, 0.4) is 0 Å². The van der Waals surface area contributed by atoms with Crippen LogP contribution in [0.1, 0.15) is 31.7 Å². The van der Waals surface area contributed by atoms with Crippen molar-refractivity contribution in [3.8, 4) is 0 Å². The molecular weight excluding hydrogens is 330 g/mol. The predicted molar refractivity (Wildman–Crippen MR) is 99.8 cm³/mol. The van der Waals surface area contributed by atoms with E-state index in [1.54, 1.807) is 24.7 Å². The van der Waals surface area contributed by atoms with E-state index in [9.17, 15) is 9.59 Å². The molecule has 0 atom stereocenters. The van der Waals surface area contributed by atoms with E-state index in [2.05, 4.69) is 20.3 Å². The first-order valence-electron chi connectivity index (χ1n) is 9.16. The van der Waals surface area contributed by atoms with Gasteiger partial charge in [0.2, 0.25) is 5.91 Å². The van der Waals surface area contributed by atoms with Gasteiger partial charge in [0.15, 0.2) is 0 Å². The number of anilines is 1. The number of piperidine rings is 1. The monoisotopic (exact) mass is 355 g/mol. The summed E-state index contributed by atoms with van der Waals surface area (Å²) in [6, 6.07) is 5.44. The minimum absolute atomic E-state index is 0.0153. The molecular formula is C19H25N5O2. The summed E-state index contributed by atoms with van der Waals surface area (Å²) in [4.78, 5) is 30.6. The quantitative estimate of drug-likeness (QED) is 0.851. The van der Waals surface area contributed by atoms with Gasteiger partial charge < -0.3 is 10.2 Å². The third-order valence-electron chi connectivity index (χ3n) is 4.74. The fraction of sp³-hybridized carbons (Fsp3) is 0.474. The highest BCUT2D eigenvalue weighted by Gasteiger charge is 2.25.